The first-order valence-electron chi connectivity index (χ1n) is 6.21. The summed E-state index contributed by atoms with van der Waals surface area (Å²) in [6.45, 7) is 0. The van der Waals surface area contributed by atoms with Crippen LogP contribution >= 0.6 is 0 Å². The zero-order chi connectivity index (χ0) is 14.7. The van der Waals surface area contributed by atoms with Gasteiger partial charge in [0.15, 0.2) is 0 Å². The second-order valence-electron chi connectivity index (χ2n) is 4.52. The number of ether oxygens (including phenoxy) is 1. The van der Waals surface area contributed by atoms with Crippen molar-refractivity contribution in [1.82, 2.24) is 4.90 Å². The smallest absolute Gasteiger partial charge is 0.230 e. The SMILES string of the molecule is COc1ccc([C@H](CC(=O)[O-])N2C(=O)CCC2=O)cc1. The molecule has 0 radical (unpaired) electrons. The number of likely N-dealkylation sites (tertiary alicyclic amines) is 1. The van der Waals surface area contributed by atoms with E-state index in [2.05, 4.69) is 0 Å². The zero-order valence-electron chi connectivity index (χ0n) is 11.0. The lowest BCUT2D eigenvalue weighted by atomic mass is 10.0. The van der Waals surface area contributed by atoms with Crippen LogP contribution in [-0.4, -0.2) is 29.8 Å². The van der Waals surface area contributed by atoms with Crippen molar-refractivity contribution in [1.29, 1.82) is 0 Å². The summed E-state index contributed by atoms with van der Waals surface area (Å²) < 4.78 is 5.02. The van der Waals surface area contributed by atoms with Crippen LogP contribution in [0.1, 0.15) is 30.9 Å². The number of carboxylic acids is 1. The van der Waals surface area contributed by atoms with Gasteiger partial charge in [-0.2, -0.15) is 0 Å². The van der Waals surface area contributed by atoms with Crippen molar-refractivity contribution in [2.45, 2.75) is 25.3 Å². The topological polar surface area (TPSA) is 86.7 Å². The van der Waals surface area contributed by atoms with Crippen molar-refractivity contribution in [3.05, 3.63) is 29.8 Å². The summed E-state index contributed by atoms with van der Waals surface area (Å²) in [6, 6.07) is 5.77. The molecule has 1 saturated heterocycles. The average Bonchev–Trinajstić information content (AvgIpc) is 2.76. The maximum atomic E-state index is 11.8. The highest BCUT2D eigenvalue weighted by Gasteiger charge is 2.35. The lowest BCUT2D eigenvalue weighted by Gasteiger charge is -2.27. The second kappa shape index (κ2) is 5.73. The van der Waals surface area contributed by atoms with Gasteiger partial charge < -0.3 is 14.6 Å². The van der Waals surface area contributed by atoms with Gasteiger partial charge in [-0.25, -0.2) is 0 Å². The maximum absolute atomic E-state index is 11.8. The molecule has 1 aliphatic rings. The molecule has 20 heavy (non-hydrogen) atoms. The van der Waals surface area contributed by atoms with Crippen LogP contribution in [0, 0.1) is 0 Å². The third-order valence-corrected chi connectivity index (χ3v) is 3.26. The summed E-state index contributed by atoms with van der Waals surface area (Å²) in [5.41, 5.74) is 0.568. The molecule has 1 atom stereocenters. The van der Waals surface area contributed by atoms with Crippen molar-refractivity contribution in [2.24, 2.45) is 0 Å². The number of methoxy groups -OCH3 is 1. The van der Waals surface area contributed by atoms with Crippen molar-refractivity contribution >= 4 is 17.8 Å². The van der Waals surface area contributed by atoms with E-state index in [1.165, 1.54) is 7.11 Å². The van der Waals surface area contributed by atoms with E-state index >= 15 is 0 Å². The molecule has 0 saturated carbocycles. The Kier molecular flexibility index (Phi) is 4.02. The number of benzene rings is 1. The van der Waals surface area contributed by atoms with E-state index in [0.717, 1.165) is 4.90 Å². The molecule has 6 nitrogen and oxygen atoms in total. The van der Waals surface area contributed by atoms with Crippen LogP contribution in [0.15, 0.2) is 24.3 Å². The molecule has 1 aromatic rings. The fraction of sp³-hybridized carbons (Fsp3) is 0.357. The highest BCUT2D eigenvalue weighted by Crippen LogP contribution is 2.30. The molecule has 2 rings (SSSR count). The fourth-order valence-electron chi connectivity index (χ4n) is 2.28. The largest absolute Gasteiger partial charge is 0.550 e. The van der Waals surface area contributed by atoms with E-state index < -0.39 is 18.4 Å². The van der Waals surface area contributed by atoms with Gasteiger partial charge in [-0.3, -0.25) is 14.5 Å². The number of carboxylic acid groups (broad SMARTS) is 1. The summed E-state index contributed by atoms with van der Waals surface area (Å²) in [5, 5.41) is 10.9. The molecular weight excluding hydrogens is 262 g/mol. The Bertz CT molecular complexity index is 521. The van der Waals surface area contributed by atoms with E-state index in [4.69, 9.17) is 4.74 Å². The Morgan fingerprint density at radius 2 is 1.80 bits per heavy atom. The number of rotatable bonds is 5. The Balaban J connectivity index is 2.33. The molecule has 0 aromatic heterocycles. The lowest BCUT2D eigenvalue weighted by Crippen LogP contribution is -2.37. The second-order valence-corrected chi connectivity index (χ2v) is 4.52. The van der Waals surface area contributed by atoms with Crippen LogP contribution < -0.4 is 9.84 Å². The van der Waals surface area contributed by atoms with Gasteiger partial charge in [0.2, 0.25) is 11.8 Å². The first-order valence-corrected chi connectivity index (χ1v) is 6.21. The van der Waals surface area contributed by atoms with Crippen LogP contribution in [0.2, 0.25) is 0 Å². The quantitative estimate of drug-likeness (QED) is 0.708. The van der Waals surface area contributed by atoms with Crippen LogP contribution in [0.5, 0.6) is 5.75 Å². The number of nitrogens with zero attached hydrogens (tertiary/aromatic N) is 1. The van der Waals surface area contributed by atoms with Crippen molar-refractivity contribution < 1.29 is 24.2 Å². The number of hydrogen-bond donors (Lipinski definition) is 0. The molecule has 0 spiro atoms. The summed E-state index contributed by atoms with van der Waals surface area (Å²) in [4.78, 5) is 35.5. The third kappa shape index (κ3) is 2.79. The minimum Gasteiger partial charge on any atom is -0.550 e. The van der Waals surface area contributed by atoms with Gasteiger partial charge in [0.05, 0.1) is 13.2 Å². The Morgan fingerprint density at radius 1 is 1.25 bits per heavy atom. The van der Waals surface area contributed by atoms with Crippen LogP contribution in [0.4, 0.5) is 0 Å². The molecule has 0 bridgehead atoms. The monoisotopic (exact) mass is 276 g/mol. The van der Waals surface area contributed by atoms with Crippen molar-refractivity contribution in [3.8, 4) is 5.75 Å². The van der Waals surface area contributed by atoms with Gasteiger partial charge in [0, 0.05) is 25.2 Å². The van der Waals surface area contributed by atoms with E-state index in [0.29, 0.717) is 11.3 Å². The molecule has 1 aromatic carbocycles. The molecule has 0 unspecified atom stereocenters. The minimum absolute atomic E-state index is 0.124. The Labute approximate surface area is 115 Å². The number of aliphatic carboxylic acids is 1. The van der Waals surface area contributed by atoms with Gasteiger partial charge in [-0.05, 0) is 17.7 Å². The van der Waals surface area contributed by atoms with Gasteiger partial charge in [-0.15, -0.1) is 0 Å². The highest BCUT2D eigenvalue weighted by atomic mass is 16.5. The van der Waals surface area contributed by atoms with Gasteiger partial charge >= 0.3 is 0 Å². The summed E-state index contributed by atoms with van der Waals surface area (Å²) in [5.74, 6) is -1.40. The van der Waals surface area contributed by atoms with E-state index in [9.17, 15) is 19.5 Å². The lowest BCUT2D eigenvalue weighted by molar-refractivity contribution is -0.306. The number of amides is 2. The van der Waals surface area contributed by atoms with E-state index in [-0.39, 0.29) is 24.7 Å². The first kappa shape index (κ1) is 14.0. The third-order valence-electron chi connectivity index (χ3n) is 3.26. The van der Waals surface area contributed by atoms with Crippen LogP contribution in [-0.2, 0) is 14.4 Å². The molecule has 1 aliphatic heterocycles. The van der Waals surface area contributed by atoms with Gasteiger partial charge in [0.25, 0.3) is 0 Å². The standard InChI is InChI=1S/C14H15NO5/c1-20-10-4-2-9(3-5-10)11(8-14(18)19)15-12(16)6-7-13(15)17/h2-5,11H,6-8H2,1H3,(H,18,19)/p-1/t11-/m0/s1. The minimum atomic E-state index is -1.31. The molecule has 1 fully saturated rings. The summed E-state index contributed by atoms with van der Waals surface area (Å²) in [7, 11) is 1.52. The Morgan fingerprint density at radius 3 is 2.25 bits per heavy atom. The molecule has 1 heterocycles. The zero-order valence-corrected chi connectivity index (χ0v) is 11.0. The number of carbonyl (C=O) groups excluding carboxylic acids is 3. The maximum Gasteiger partial charge on any atom is 0.230 e. The number of hydrogen-bond acceptors (Lipinski definition) is 5. The van der Waals surface area contributed by atoms with Crippen molar-refractivity contribution in [2.75, 3.05) is 7.11 Å². The molecule has 0 aliphatic carbocycles. The summed E-state index contributed by atoms with van der Waals surface area (Å²) >= 11 is 0. The molecule has 106 valence electrons. The molecule has 6 heteroatoms. The van der Waals surface area contributed by atoms with Crippen LogP contribution in [0.25, 0.3) is 0 Å². The number of carbonyl (C=O) groups is 3. The predicted octanol–water partition coefficient (Wildman–Crippen LogP) is 0.0253. The highest BCUT2D eigenvalue weighted by molar-refractivity contribution is 6.02. The van der Waals surface area contributed by atoms with E-state index in [1.54, 1.807) is 24.3 Å². The van der Waals surface area contributed by atoms with Crippen molar-refractivity contribution in [3.63, 3.8) is 0 Å². The molecular formula is C14H14NO5-. The normalized spacial score (nSPS) is 16.4. The Hall–Kier alpha value is -2.37. The molecule has 2 amide bonds. The number of imide groups is 1. The molecule has 0 N–H and O–H groups in total. The first-order chi connectivity index (χ1) is 9.52. The average molecular weight is 276 g/mol. The van der Waals surface area contributed by atoms with Gasteiger partial charge in [-0.1, -0.05) is 12.1 Å². The fourth-order valence-corrected chi connectivity index (χ4v) is 2.28. The van der Waals surface area contributed by atoms with E-state index in [1.807, 2.05) is 0 Å². The predicted molar refractivity (Wildman–Crippen MR) is 66.4 cm³/mol. The van der Waals surface area contributed by atoms with Crippen LogP contribution in [0.3, 0.4) is 0 Å². The van der Waals surface area contributed by atoms with Gasteiger partial charge in [0.1, 0.15) is 5.75 Å². The summed E-state index contributed by atoms with van der Waals surface area (Å²) in [6.07, 6.45) is -0.166.